The number of halogens is 3. The molecule has 1 aliphatic carbocycles. The fourth-order valence-corrected chi connectivity index (χ4v) is 9.92. The molecule has 322 valence electrons. The highest BCUT2D eigenvalue weighted by Gasteiger charge is 2.52. The first-order valence-electron chi connectivity index (χ1n) is 20.6. The Morgan fingerprint density at radius 2 is 1.73 bits per heavy atom. The number of piperazine rings is 1. The van der Waals surface area contributed by atoms with Crippen molar-refractivity contribution >= 4 is 57.6 Å². The van der Waals surface area contributed by atoms with Crippen LogP contribution in [0.4, 0.5) is 29.5 Å². The minimum absolute atomic E-state index is 0.000564. The van der Waals surface area contributed by atoms with Gasteiger partial charge in [-0.2, -0.15) is 23.5 Å². The Morgan fingerprint density at radius 3 is 2.40 bits per heavy atom. The second-order valence-corrected chi connectivity index (χ2v) is 17.1. The third kappa shape index (κ3) is 8.54. The van der Waals surface area contributed by atoms with Crippen LogP contribution in [-0.2, 0) is 27.5 Å². The van der Waals surface area contributed by atoms with Gasteiger partial charge in [-0.3, -0.25) is 39.2 Å². The van der Waals surface area contributed by atoms with Gasteiger partial charge in [-0.05, 0) is 102 Å². The van der Waals surface area contributed by atoms with Gasteiger partial charge in [0.15, 0.2) is 10.9 Å². The molecule has 2 atom stereocenters. The highest BCUT2D eigenvalue weighted by Crippen LogP contribution is 2.41. The molecule has 3 aromatic rings. The zero-order valence-corrected chi connectivity index (χ0v) is 35.4. The number of ether oxygens (including phenoxy) is 2. The third-order valence-electron chi connectivity index (χ3n) is 12.3. The number of aryl methyl sites for hydroxylation is 1. The summed E-state index contributed by atoms with van der Waals surface area (Å²) in [6.45, 7) is 12.9. The van der Waals surface area contributed by atoms with E-state index in [1.165, 1.54) is 15.9 Å². The van der Waals surface area contributed by atoms with Gasteiger partial charge in [0.2, 0.25) is 5.91 Å². The first kappa shape index (κ1) is 43.3. The van der Waals surface area contributed by atoms with Crippen molar-refractivity contribution < 1.29 is 37.0 Å². The number of fused-ring (bicyclic) bond motifs is 1. The van der Waals surface area contributed by atoms with Crippen LogP contribution in [0.25, 0.3) is 10.9 Å². The molecule has 3 aliphatic heterocycles. The van der Waals surface area contributed by atoms with E-state index in [2.05, 4.69) is 34.1 Å². The van der Waals surface area contributed by atoms with Crippen LogP contribution in [-0.4, -0.2) is 123 Å². The van der Waals surface area contributed by atoms with Gasteiger partial charge in [0.1, 0.15) is 16.8 Å². The van der Waals surface area contributed by atoms with Crippen molar-refractivity contribution in [2.45, 2.75) is 102 Å². The third-order valence-corrected chi connectivity index (χ3v) is 12.7. The van der Waals surface area contributed by atoms with E-state index in [4.69, 9.17) is 21.7 Å². The Morgan fingerprint density at radius 1 is 1.02 bits per heavy atom. The number of alkyl halides is 3. The number of nitrogens with one attached hydrogen (secondary N) is 1. The number of benzene rings is 2. The molecule has 4 fully saturated rings. The molecule has 1 aromatic heterocycles. The van der Waals surface area contributed by atoms with Gasteiger partial charge in [-0.15, -0.1) is 0 Å². The van der Waals surface area contributed by atoms with Crippen LogP contribution in [0.2, 0.25) is 0 Å². The predicted octanol–water partition coefficient (Wildman–Crippen LogP) is 5.81. The van der Waals surface area contributed by atoms with Gasteiger partial charge in [-0.1, -0.05) is 6.07 Å². The minimum atomic E-state index is -4.76. The molecule has 7 rings (SSSR count). The van der Waals surface area contributed by atoms with Crippen LogP contribution in [0.1, 0.15) is 77.3 Å². The molecule has 1 N–H and O–H groups in total. The average molecular weight is 852 g/mol. The van der Waals surface area contributed by atoms with Crippen molar-refractivity contribution in [1.29, 1.82) is 5.26 Å². The smallest absolute Gasteiger partial charge is 0.417 e. The van der Waals surface area contributed by atoms with E-state index < -0.39 is 34.8 Å². The van der Waals surface area contributed by atoms with Crippen LogP contribution in [0.3, 0.4) is 0 Å². The molecule has 14 nitrogen and oxygen atoms in total. The molecule has 4 amide bonds. The molecular weight excluding hydrogens is 800 g/mol. The summed E-state index contributed by atoms with van der Waals surface area (Å²) in [4.78, 5) is 47.3. The predicted molar refractivity (Wildman–Crippen MR) is 223 cm³/mol. The molecule has 3 saturated heterocycles. The lowest BCUT2D eigenvalue weighted by atomic mass is 9.89. The van der Waals surface area contributed by atoms with Gasteiger partial charge in [0.25, 0.3) is 5.91 Å². The van der Waals surface area contributed by atoms with Crippen molar-refractivity contribution in [3.8, 4) is 11.8 Å². The highest BCUT2D eigenvalue weighted by atomic mass is 32.1. The van der Waals surface area contributed by atoms with Crippen LogP contribution >= 0.6 is 12.2 Å². The summed E-state index contributed by atoms with van der Waals surface area (Å²) < 4.78 is 55.6. The van der Waals surface area contributed by atoms with Crippen LogP contribution in [0.15, 0.2) is 36.4 Å². The Bertz CT molecular complexity index is 2170. The molecule has 0 radical (unpaired) electrons. The van der Waals surface area contributed by atoms with E-state index in [-0.39, 0.29) is 41.8 Å². The van der Waals surface area contributed by atoms with Gasteiger partial charge in [-0.25, -0.2) is 4.79 Å². The molecule has 4 heterocycles. The standard InChI is InChI=1S/C42H52F3N9O5S/c1-26-24-50(25-27(2)51(26)17-7-20-59-34-9-6-8-32-36(34)49(5)48-37(32)52-18-16-35(55)47-39(52)57)19-21-58-31-14-12-29(13-15-31)54-40(60)53(38(56)41(54,3)4)30-11-10-28(23-46)33(22-30)42(43,44)45/h6,8-11,22,26-27,29,31H,7,12-21,24-25H2,1-5H3,(H,47,55,57)/t26-,27+,29?,31?. The molecule has 18 heteroatoms. The fourth-order valence-electron chi connectivity index (χ4n) is 9.36. The number of carbonyl (C=O) groups excluding carboxylic acids is 3. The number of hydrogen-bond donors (Lipinski definition) is 1. The fraction of sp³-hybridized carbons (Fsp3) is 0.571. The highest BCUT2D eigenvalue weighted by molar-refractivity contribution is 7.80. The second kappa shape index (κ2) is 17.3. The second-order valence-electron chi connectivity index (χ2n) is 16.7. The van der Waals surface area contributed by atoms with Crippen molar-refractivity contribution in [3.63, 3.8) is 0 Å². The topological polar surface area (TPSA) is 140 Å². The summed E-state index contributed by atoms with van der Waals surface area (Å²) in [6, 6.07) is 10.7. The average Bonchev–Trinajstić information content (AvgIpc) is 3.62. The zero-order chi connectivity index (χ0) is 43.1. The summed E-state index contributed by atoms with van der Waals surface area (Å²) in [7, 11) is 1.82. The van der Waals surface area contributed by atoms with E-state index in [0.717, 1.165) is 81.3 Å². The van der Waals surface area contributed by atoms with Crippen LogP contribution < -0.4 is 19.9 Å². The quantitative estimate of drug-likeness (QED) is 0.175. The lowest BCUT2D eigenvalue weighted by Crippen LogP contribution is -2.57. The number of anilines is 2. The van der Waals surface area contributed by atoms with Gasteiger partial charge in [0, 0.05) is 69.7 Å². The minimum Gasteiger partial charge on any atom is -0.491 e. The van der Waals surface area contributed by atoms with E-state index in [9.17, 15) is 32.8 Å². The largest absolute Gasteiger partial charge is 0.491 e. The Balaban J connectivity index is 0.849. The SMILES string of the molecule is C[C@@H]1CN(CCOC2CCC(N3C(=S)N(c4ccc(C#N)c(C(F)(F)F)c4)C(=O)C3(C)C)CC2)C[C@H](C)N1CCCOc1cccc2c(N3CCC(=O)NC3=O)nn(C)c12. The number of urea groups is 1. The summed E-state index contributed by atoms with van der Waals surface area (Å²) in [6.07, 6.45) is -0.629. The Kier molecular flexibility index (Phi) is 12.5. The molecule has 2 aromatic carbocycles. The number of nitrogens with zero attached hydrogens (tertiary/aromatic N) is 8. The summed E-state index contributed by atoms with van der Waals surface area (Å²) in [5, 5.41) is 17.1. The number of rotatable bonds is 12. The zero-order valence-electron chi connectivity index (χ0n) is 34.6. The molecule has 0 bridgehead atoms. The van der Waals surface area contributed by atoms with Gasteiger partial charge >= 0.3 is 12.2 Å². The van der Waals surface area contributed by atoms with Crippen LogP contribution in [0.5, 0.6) is 5.75 Å². The number of para-hydroxylation sites is 1. The number of amides is 4. The molecule has 60 heavy (non-hydrogen) atoms. The maximum atomic E-state index is 13.8. The van der Waals surface area contributed by atoms with Gasteiger partial charge < -0.3 is 14.4 Å². The normalized spacial score (nSPS) is 24.4. The lowest BCUT2D eigenvalue weighted by molar-refractivity contribution is -0.137. The first-order valence-corrected chi connectivity index (χ1v) is 21.0. The molecule has 0 spiro atoms. The first-order chi connectivity index (χ1) is 28.5. The van der Waals surface area contributed by atoms with Crippen molar-refractivity contribution in [3.05, 3.63) is 47.5 Å². The van der Waals surface area contributed by atoms with E-state index >= 15 is 0 Å². The lowest BCUT2D eigenvalue weighted by Gasteiger charge is -2.44. The van der Waals surface area contributed by atoms with E-state index in [1.54, 1.807) is 24.6 Å². The number of aromatic nitrogens is 2. The number of hydrogen-bond acceptors (Lipinski definition) is 10. The monoisotopic (exact) mass is 851 g/mol. The maximum absolute atomic E-state index is 13.8. The number of carbonyl (C=O) groups is 3. The summed E-state index contributed by atoms with van der Waals surface area (Å²) in [5.41, 5.74) is -1.87. The Labute approximate surface area is 353 Å². The van der Waals surface area contributed by atoms with Crippen molar-refractivity contribution in [1.82, 2.24) is 29.8 Å². The van der Waals surface area contributed by atoms with Crippen molar-refractivity contribution in [2.75, 3.05) is 55.7 Å². The molecule has 1 saturated carbocycles. The molecular formula is C42H52F3N9O5S. The maximum Gasteiger partial charge on any atom is 0.417 e. The Hall–Kier alpha value is -4.83. The number of thiocarbonyl (C=S) groups is 1. The molecule has 4 aliphatic rings. The van der Waals surface area contributed by atoms with E-state index in [0.29, 0.717) is 36.9 Å². The van der Waals surface area contributed by atoms with E-state index in [1.807, 2.05) is 30.1 Å². The van der Waals surface area contributed by atoms with Gasteiger partial charge in [0.05, 0.1) is 42.2 Å². The number of imide groups is 1. The number of nitriles is 1. The summed E-state index contributed by atoms with van der Waals surface area (Å²) >= 11 is 5.76. The van der Waals surface area contributed by atoms with Crippen molar-refractivity contribution in [2.24, 2.45) is 7.05 Å². The molecule has 0 unspecified atom stereocenters. The van der Waals surface area contributed by atoms with Crippen LogP contribution in [0, 0.1) is 11.3 Å². The summed E-state index contributed by atoms with van der Waals surface area (Å²) in [5.74, 6) is 0.497.